The predicted octanol–water partition coefficient (Wildman–Crippen LogP) is 2.48. The van der Waals surface area contributed by atoms with Crippen LogP contribution in [-0.2, 0) is 13.5 Å². The first-order valence-electron chi connectivity index (χ1n) is 6.25. The van der Waals surface area contributed by atoms with Crippen LogP contribution in [0.25, 0.3) is 21.7 Å². The normalized spacial score (nSPS) is 11.3. The molecule has 3 aromatic rings. The third-order valence-electron chi connectivity index (χ3n) is 3.46. The van der Waals surface area contributed by atoms with E-state index in [1.54, 1.807) is 0 Å². The molecular weight excluding hydrogens is 222 g/mol. The van der Waals surface area contributed by atoms with Crippen LogP contribution in [0.15, 0.2) is 30.3 Å². The molecule has 90 valence electrons. The molecule has 0 spiro atoms. The summed E-state index contributed by atoms with van der Waals surface area (Å²) in [5.74, 6) is 0. The molecule has 0 radical (unpaired) electrons. The second-order valence-electron chi connectivity index (χ2n) is 4.70. The lowest BCUT2D eigenvalue weighted by molar-refractivity contribution is -0.741. The van der Waals surface area contributed by atoms with Crippen molar-refractivity contribution in [1.29, 1.82) is 0 Å². The van der Waals surface area contributed by atoms with Crippen molar-refractivity contribution in [1.82, 2.24) is 10.3 Å². The van der Waals surface area contributed by atoms with Crippen LogP contribution < -0.4 is 4.68 Å². The molecular formula is C15H16N3+. The van der Waals surface area contributed by atoms with E-state index in [1.165, 1.54) is 27.4 Å². The molecule has 3 heteroatoms. The summed E-state index contributed by atoms with van der Waals surface area (Å²) in [6, 6.07) is 10.8. The molecule has 0 atom stereocenters. The highest BCUT2D eigenvalue weighted by Gasteiger charge is 2.15. The van der Waals surface area contributed by atoms with E-state index in [9.17, 15) is 0 Å². The average molecular weight is 238 g/mol. The van der Waals surface area contributed by atoms with E-state index < -0.39 is 0 Å². The maximum absolute atomic E-state index is 4.37. The van der Waals surface area contributed by atoms with E-state index in [0.29, 0.717) is 0 Å². The fourth-order valence-corrected chi connectivity index (χ4v) is 2.52. The Balaban J connectivity index is 2.51. The van der Waals surface area contributed by atoms with Crippen molar-refractivity contribution in [2.24, 2.45) is 7.05 Å². The van der Waals surface area contributed by atoms with Gasteiger partial charge in [0.25, 0.3) is 0 Å². The van der Waals surface area contributed by atoms with E-state index in [2.05, 4.69) is 54.5 Å². The fraction of sp³-hybridized carbons (Fsp3) is 0.267. The first kappa shape index (κ1) is 11.1. The van der Waals surface area contributed by atoms with Gasteiger partial charge in [-0.15, -0.1) is 4.68 Å². The number of nitrogens with zero attached hydrogens (tertiary/aromatic N) is 3. The second-order valence-corrected chi connectivity index (χ2v) is 4.70. The third-order valence-corrected chi connectivity index (χ3v) is 3.46. The molecule has 3 rings (SSSR count). The van der Waals surface area contributed by atoms with Crippen LogP contribution in [0.3, 0.4) is 0 Å². The van der Waals surface area contributed by atoms with Gasteiger partial charge in [-0.05, 0) is 24.4 Å². The van der Waals surface area contributed by atoms with Gasteiger partial charge in [0, 0.05) is 11.8 Å². The van der Waals surface area contributed by atoms with Crippen LogP contribution in [0, 0.1) is 6.92 Å². The zero-order valence-electron chi connectivity index (χ0n) is 10.9. The van der Waals surface area contributed by atoms with Gasteiger partial charge in [-0.3, -0.25) is 0 Å². The molecule has 0 aliphatic carbocycles. The van der Waals surface area contributed by atoms with Crippen LogP contribution in [0.4, 0.5) is 0 Å². The standard InChI is InChI=1S/C15H16N3/c1-4-14-12-8-7-11-6-5-10(2)9-13(11)15(12)16-17-18(14)3/h5-9H,4H2,1-3H3/q+1. The largest absolute Gasteiger partial charge is 0.222 e. The van der Waals surface area contributed by atoms with Crippen molar-refractivity contribution in [3.8, 4) is 0 Å². The van der Waals surface area contributed by atoms with Gasteiger partial charge in [0.05, 0.1) is 10.5 Å². The summed E-state index contributed by atoms with van der Waals surface area (Å²) in [4.78, 5) is 0. The monoisotopic (exact) mass is 238 g/mol. The molecule has 0 saturated heterocycles. The van der Waals surface area contributed by atoms with Crippen molar-refractivity contribution < 1.29 is 4.68 Å². The lowest BCUT2D eigenvalue weighted by Gasteiger charge is -2.04. The number of aryl methyl sites for hydroxylation is 3. The lowest BCUT2D eigenvalue weighted by atomic mass is 10.0. The number of aromatic nitrogens is 3. The van der Waals surface area contributed by atoms with Gasteiger partial charge in [0.1, 0.15) is 18.0 Å². The maximum atomic E-state index is 4.37. The molecule has 0 saturated carbocycles. The van der Waals surface area contributed by atoms with Crippen LogP contribution in [-0.4, -0.2) is 10.3 Å². The van der Waals surface area contributed by atoms with Crippen LogP contribution in [0.5, 0.6) is 0 Å². The number of rotatable bonds is 1. The molecule has 2 aromatic carbocycles. The zero-order valence-corrected chi connectivity index (χ0v) is 10.9. The quantitative estimate of drug-likeness (QED) is 0.481. The highest BCUT2D eigenvalue weighted by atomic mass is 15.4. The highest BCUT2D eigenvalue weighted by Crippen LogP contribution is 2.25. The van der Waals surface area contributed by atoms with E-state index in [-0.39, 0.29) is 0 Å². The lowest BCUT2D eigenvalue weighted by Crippen LogP contribution is -2.38. The summed E-state index contributed by atoms with van der Waals surface area (Å²) in [6.45, 7) is 4.26. The van der Waals surface area contributed by atoms with Crippen molar-refractivity contribution >= 4 is 21.7 Å². The summed E-state index contributed by atoms with van der Waals surface area (Å²) in [5, 5.41) is 12.2. The second kappa shape index (κ2) is 4.02. The molecule has 0 aliphatic rings. The van der Waals surface area contributed by atoms with Crippen molar-refractivity contribution in [2.45, 2.75) is 20.3 Å². The Hall–Kier alpha value is -2.03. The molecule has 0 N–H and O–H groups in total. The molecule has 0 fully saturated rings. The van der Waals surface area contributed by atoms with Crippen LogP contribution in [0.2, 0.25) is 0 Å². The molecule has 0 aliphatic heterocycles. The molecule has 0 amide bonds. The van der Waals surface area contributed by atoms with Crippen LogP contribution >= 0.6 is 0 Å². The summed E-state index contributed by atoms with van der Waals surface area (Å²) >= 11 is 0. The minimum absolute atomic E-state index is 0.958. The Kier molecular flexibility index (Phi) is 2.47. The average Bonchev–Trinajstić information content (AvgIpc) is 2.38. The predicted molar refractivity (Wildman–Crippen MR) is 72.3 cm³/mol. The number of hydrogen-bond donors (Lipinski definition) is 0. The van der Waals surface area contributed by atoms with Crippen LogP contribution in [0.1, 0.15) is 18.2 Å². The molecule has 1 aromatic heterocycles. The molecule has 3 nitrogen and oxygen atoms in total. The number of fused-ring (bicyclic) bond motifs is 3. The first-order chi connectivity index (χ1) is 8.70. The Morgan fingerprint density at radius 3 is 2.67 bits per heavy atom. The van der Waals surface area contributed by atoms with Gasteiger partial charge in [-0.2, -0.15) is 0 Å². The summed E-state index contributed by atoms with van der Waals surface area (Å²) in [6.07, 6.45) is 0.958. The van der Waals surface area contributed by atoms with E-state index in [0.717, 1.165) is 11.9 Å². The number of benzene rings is 2. The van der Waals surface area contributed by atoms with Gasteiger partial charge < -0.3 is 0 Å². The van der Waals surface area contributed by atoms with Crippen molar-refractivity contribution in [3.05, 3.63) is 41.6 Å². The minimum Gasteiger partial charge on any atom is -0.137 e. The van der Waals surface area contributed by atoms with E-state index in [4.69, 9.17) is 0 Å². The Bertz CT molecular complexity index is 747. The molecule has 0 unspecified atom stereocenters. The molecule has 18 heavy (non-hydrogen) atoms. The molecule has 1 heterocycles. The summed E-state index contributed by atoms with van der Waals surface area (Å²) in [7, 11) is 1.95. The Morgan fingerprint density at radius 2 is 1.89 bits per heavy atom. The van der Waals surface area contributed by atoms with Gasteiger partial charge in [-0.1, -0.05) is 30.7 Å². The van der Waals surface area contributed by atoms with Gasteiger partial charge in [-0.25, -0.2) is 0 Å². The van der Waals surface area contributed by atoms with Gasteiger partial charge >= 0.3 is 0 Å². The Labute approximate surface area is 106 Å². The SMILES string of the molecule is CCc1c2ccc3ccc(C)cc3c2nn[n+]1C. The topological polar surface area (TPSA) is 29.7 Å². The van der Waals surface area contributed by atoms with E-state index >= 15 is 0 Å². The first-order valence-corrected chi connectivity index (χ1v) is 6.25. The fourth-order valence-electron chi connectivity index (χ4n) is 2.52. The Morgan fingerprint density at radius 1 is 1.11 bits per heavy atom. The van der Waals surface area contributed by atoms with Crippen molar-refractivity contribution in [2.75, 3.05) is 0 Å². The highest BCUT2D eigenvalue weighted by molar-refractivity contribution is 6.05. The smallest absolute Gasteiger partial charge is 0.137 e. The van der Waals surface area contributed by atoms with E-state index in [1.807, 2.05) is 11.7 Å². The molecule has 0 bridgehead atoms. The van der Waals surface area contributed by atoms with Gasteiger partial charge in [0.15, 0.2) is 0 Å². The summed E-state index contributed by atoms with van der Waals surface area (Å²) < 4.78 is 1.87. The van der Waals surface area contributed by atoms with Crippen molar-refractivity contribution in [3.63, 3.8) is 0 Å². The number of hydrogen-bond acceptors (Lipinski definition) is 2. The van der Waals surface area contributed by atoms with Gasteiger partial charge in [0.2, 0.25) is 5.52 Å². The summed E-state index contributed by atoms with van der Waals surface area (Å²) in [5.41, 5.74) is 3.48. The maximum Gasteiger partial charge on any atom is 0.222 e. The third kappa shape index (κ3) is 1.55. The zero-order chi connectivity index (χ0) is 12.7. The minimum atomic E-state index is 0.958.